The van der Waals surface area contributed by atoms with Crippen molar-refractivity contribution in [2.24, 2.45) is 5.92 Å². The summed E-state index contributed by atoms with van der Waals surface area (Å²) in [5.74, 6) is -0.305. The zero-order chi connectivity index (χ0) is 27.1. The van der Waals surface area contributed by atoms with E-state index < -0.39 is 41.8 Å². The van der Waals surface area contributed by atoms with E-state index in [9.17, 15) is 20.1 Å². The first-order chi connectivity index (χ1) is 17.4. The molecule has 4 rings (SSSR count). The molecule has 200 valence electrons. The third kappa shape index (κ3) is 5.82. The quantitative estimate of drug-likeness (QED) is 0.285. The van der Waals surface area contributed by atoms with Crippen LogP contribution in [0, 0.1) is 19.8 Å². The van der Waals surface area contributed by atoms with Crippen molar-refractivity contribution in [2.75, 3.05) is 17.2 Å². The third-order valence-corrected chi connectivity index (χ3v) is 7.30. The van der Waals surface area contributed by atoms with Crippen LogP contribution in [0.3, 0.4) is 0 Å². The number of carbonyl (C=O) groups excluding carboxylic acids is 1. The molecule has 11 nitrogen and oxygen atoms in total. The number of aromatic nitrogens is 4. The predicted octanol–water partition coefficient (Wildman–Crippen LogP) is 2.42. The maximum Gasteiger partial charge on any atom is 0.328 e. The van der Waals surface area contributed by atoms with Crippen molar-refractivity contribution >= 4 is 39.3 Å². The number of ether oxygens (including phenoxy) is 1. The maximum absolute atomic E-state index is 12.5. The summed E-state index contributed by atoms with van der Waals surface area (Å²) in [5.41, 5.74) is 2.20. The summed E-state index contributed by atoms with van der Waals surface area (Å²) in [6.07, 6.45) is -0.0752. The summed E-state index contributed by atoms with van der Waals surface area (Å²) >= 11 is 1.47. The second-order valence-electron chi connectivity index (χ2n) is 10.4. The van der Waals surface area contributed by atoms with Gasteiger partial charge < -0.3 is 30.7 Å². The van der Waals surface area contributed by atoms with E-state index in [2.05, 4.69) is 25.6 Å². The first-order valence-electron chi connectivity index (χ1n) is 12.2. The Morgan fingerprint density at radius 2 is 1.92 bits per heavy atom. The Bertz CT molecular complexity index is 1290. The van der Waals surface area contributed by atoms with Crippen molar-refractivity contribution < 1.29 is 24.9 Å². The highest BCUT2D eigenvalue weighted by Gasteiger charge is 2.41. The lowest BCUT2D eigenvalue weighted by molar-refractivity contribution is -0.155. The molecule has 3 heterocycles. The number of esters is 1. The van der Waals surface area contributed by atoms with E-state index in [0.29, 0.717) is 28.5 Å². The number of aryl methyl sites for hydroxylation is 2. The van der Waals surface area contributed by atoms with E-state index in [0.717, 1.165) is 15.9 Å². The number of hydrogen-bond acceptors (Lipinski definition) is 12. The van der Waals surface area contributed by atoms with Gasteiger partial charge in [-0.05, 0) is 54.0 Å². The van der Waals surface area contributed by atoms with Gasteiger partial charge in [0.05, 0.1) is 33.8 Å². The van der Waals surface area contributed by atoms with Crippen molar-refractivity contribution in [1.29, 1.82) is 0 Å². The number of thiazole rings is 1. The number of rotatable bonds is 7. The standard InChI is InChI=1S/C25H34N6O5S/c1-11-17(22-30-18-12(2)26-8-7-16(18)37-22)21(29-15-9-14(10-32)19(33)20(15)34)31-24(27-11)28-13(3)23(35)36-25(4,5)6/h7-8,13-15,19-20,32-34H,9-10H2,1-6H3,(H2,27,28,29,31)/t13-,14-,15?,19-,20+/m1/s1. The van der Waals surface area contributed by atoms with Crippen LogP contribution in [0.5, 0.6) is 0 Å². The number of carbonyl (C=O) groups is 1. The normalized spacial score (nSPS) is 22.7. The molecule has 3 aromatic heterocycles. The van der Waals surface area contributed by atoms with Gasteiger partial charge in [-0.25, -0.2) is 14.8 Å². The molecule has 12 heteroatoms. The summed E-state index contributed by atoms with van der Waals surface area (Å²) in [7, 11) is 0. The fourth-order valence-corrected chi connectivity index (χ4v) is 5.46. The van der Waals surface area contributed by atoms with Crippen LogP contribution in [0.4, 0.5) is 11.8 Å². The lowest BCUT2D eigenvalue weighted by Gasteiger charge is -2.24. The molecule has 1 aliphatic carbocycles. The van der Waals surface area contributed by atoms with Gasteiger partial charge in [-0.15, -0.1) is 11.3 Å². The lowest BCUT2D eigenvalue weighted by atomic mass is 10.1. The third-order valence-electron chi connectivity index (χ3n) is 6.26. The van der Waals surface area contributed by atoms with Crippen molar-refractivity contribution in [3.63, 3.8) is 0 Å². The van der Waals surface area contributed by atoms with Crippen LogP contribution in [-0.4, -0.2) is 77.7 Å². The van der Waals surface area contributed by atoms with Crippen molar-refractivity contribution in [2.45, 2.75) is 77.9 Å². The van der Waals surface area contributed by atoms with Gasteiger partial charge in [0.15, 0.2) is 0 Å². The van der Waals surface area contributed by atoms with Gasteiger partial charge in [0.1, 0.15) is 34.1 Å². The van der Waals surface area contributed by atoms with Crippen LogP contribution < -0.4 is 10.6 Å². The largest absolute Gasteiger partial charge is 0.458 e. The first kappa shape index (κ1) is 27.1. The first-order valence-corrected chi connectivity index (χ1v) is 13.0. The van der Waals surface area contributed by atoms with Crippen LogP contribution in [0.15, 0.2) is 12.3 Å². The Morgan fingerprint density at radius 1 is 1.19 bits per heavy atom. The molecule has 3 aromatic rings. The Hall–Kier alpha value is -2.93. The van der Waals surface area contributed by atoms with Gasteiger partial charge in [-0.3, -0.25) is 4.98 Å². The molecule has 0 aromatic carbocycles. The topological polar surface area (TPSA) is 163 Å². The Labute approximate surface area is 219 Å². The number of nitrogens with one attached hydrogen (secondary N) is 2. The second-order valence-corrected chi connectivity index (χ2v) is 11.5. The molecule has 0 aliphatic heterocycles. The van der Waals surface area contributed by atoms with Crippen molar-refractivity contribution in [3.8, 4) is 10.6 Å². The molecule has 5 atom stereocenters. The van der Waals surface area contributed by atoms with Gasteiger partial charge >= 0.3 is 5.97 Å². The molecule has 0 amide bonds. The highest BCUT2D eigenvalue weighted by atomic mass is 32.1. The summed E-state index contributed by atoms with van der Waals surface area (Å²) in [6.45, 7) is 10.5. The van der Waals surface area contributed by atoms with Gasteiger partial charge in [0.25, 0.3) is 0 Å². The molecule has 5 N–H and O–H groups in total. The molecule has 1 aliphatic rings. The number of hydrogen-bond donors (Lipinski definition) is 5. The maximum atomic E-state index is 12.5. The highest BCUT2D eigenvalue weighted by Crippen LogP contribution is 2.38. The number of aliphatic hydroxyl groups excluding tert-OH is 3. The van der Waals surface area contributed by atoms with Crippen molar-refractivity contribution in [1.82, 2.24) is 19.9 Å². The van der Waals surface area contributed by atoms with Gasteiger partial charge in [0, 0.05) is 18.7 Å². The molecule has 1 saturated carbocycles. The zero-order valence-corrected chi connectivity index (χ0v) is 22.6. The fraction of sp³-hybridized carbons (Fsp3) is 0.560. The van der Waals surface area contributed by atoms with E-state index in [1.54, 1.807) is 33.9 Å². The van der Waals surface area contributed by atoms with E-state index in [1.807, 2.05) is 19.9 Å². The Kier molecular flexibility index (Phi) is 7.65. The average Bonchev–Trinajstić information content (AvgIpc) is 3.35. The lowest BCUT2D eigenvalue weighted by Crippen LogP contribution is -2.36. The smallest absolute Gasteiger partial charge is 0.328 e. The summed E-state index contributed by atoms with van der Waals surface area (Å²) in [6, 6.07) is 0.619. The minimum atomic E-state index is -1.10. The number of anilines is 2. The molecule has 1 unspecified atom stereocenters. The van der Waals surface area contributed by atoms with Gasteiger partial charge in [0.2, 0.25) is 5.95 Å². The summed E-state index contributed by atoms with van der Waals surface area (Å²) in [4.78, 5) is 30.9. The van der Waals surface area contributed by atoms with E-state index in [4.69, 9.17) is 9.72 Å². The number of aliphatic hydroxyl groups is 3. The van der Waals surface area contributed by atoms with Gasteiger partial charge in [-0.1, -0.05) is 0 Å². The van der Waals surface area contributed by atoms with Crippen molar-refractivity contribution in [3.05, 3.63) is 23.7 Å². The minimum absolute atomic E-state index is 0.202. The van der Waals surface area contributed by atoms with E-state index in [1.165, 1.54) is 11.3 Å². The van der Waals surface area contributed by atoms with Crippen LogP contribution in [0.1, 0.15) is 45.5 Å². The average molecular weight is 531 g/mol. The SMILES string of the molecule is Cc1nc(N[C@H](C)C(=O)OC(C)(C)C)nc(NC2C[C@H](CO)[C@@H](O)[C@H]2O)c1-c1nc2c(C)nccc2s1. The second kappa shape index (κ2) is 10.4. The highest BCUT2D eigenvalue weighted by molar-refractivity contribution is 7.21. The zero-order valence-electron chi connectivity index (χ0n) is 21.8. The Morgan fingerprint density at radius 3 is 2.54 bits per heavy atom. The monoisotopic (exact) mass is 530 g/mol. The van der Waals surface area contributed by atoms with E-state index in [-0.39, 0.29) is 12.6 Å². The van der Waals surface area contributed by atoms with Crippen LogP contribution in [0.2, 0.25) is 0 Å². The number of nitrogens with zero attached hydrogens (tertiary/aromatic N) is 4. The van der Waals surface area contributed by atoms with Crippen LogP contribution in [-0.2, 0) is 9.53 Å². The molecular weight excluding hydrogens is 496 g/mol. The molecule has 0 spiro atoms. The number of fused-ring (bicyclic) bond motifs is 1. The summed E-state index contributed by atoms with van der Waals surface area (Å²) < 4.78 is 6.42. The molecule has 0 bridgehead atoms. The predicted molar refractivity (Wildman–Crippen MR) is 141 cm³/mol. The van der Waals surface area contributed by atoms with E-state index >= 15 is 0 Å². The fourth-order valence-electron chi connectivity index (χ4n) is 4.35. The molecule has 0 saturated heterocycles. The van der Waals surface area contributed by atoms with Crippen LogP contribution >= 0.6 is 11.3 Å². The molecule has 1 fully saturated rings. The summed E-state index contributed by atoms with van der Waals surface area (Å²) in [5, 5.41) is 37.5. The number of pyridine rings is 1. The molecule has 37 heavy (non-hydrogen) atoms. The molecule has 0 radical (unpaired) electrons. The Balaban J connectivity index is 1.73. The van der Waals surface area contributed by atoms with Crippen LogP contribution in [0.25, 0.3) is 20.8 Å². The minimum Gasteiger partial charge on any atom is -0.458 e. The molecular formula is C25H34N6O5S. The van der Waals surface area contributed by atoms with Gasteiger partial charge in [-0.2, -0.15) is 4.98 Å².